The van der Waals surface area contributed by atoms with Crippen LogP contribution in [-0.4, -0.2) is 24.1 Å². The van der Waals surface area contributed by atoms with Crippen LogP contribution in [0.1, 0.15) is 17.6 Å². The molecule has 1 aromatic heterocycles. The molecule has 6 heteroatoms. The van der Waals surface area contributed by atoms with Crippen LogP contribution in [-0.2, 0) is 6.54 Å². The lowest BCUT2D eigenvalue weighted by molar-refractivity contribution is 0.151. The molecule has 0 aliphatic heterocycles. The van der Waals surface area contributed by atoms with E-state index in [0.717, 1.165) is 11.4 Å². The molecule has 0 amide bonds. The third-order valence-electron chi connectivity index (χ3n) is 2.78. The molecule has 0 saturated heterocycles. The molecule has 2 rings (SSSR count). The van der Waals surface area contributed by atoms with Gasteiger partial charge in [0.15, 0.2) is 0 Å². The Balaban J connectivity index is 1.99. The number of nitrogens with zero attached hydrogens (tertiary/aromatic N) is 3. The Morgan fingerprint density at radius 1 is 1.15 bits per heavy atom. The second-order valence-electron chi connectivity index (χ2n) is 4.53. The maximum Gasteiger partial charge on any atom is 0.263 e. The summed E-state index contributed by atoms with van der Waals surface area (Å²) >= 11 is 0. The van der Waals surface area contributed by atoms with Crippen molar-refractivity contribution in [3.8, 4) is 0 Å². The van der Waals surface area contributed by atoms with Gasteiger partial charge in [-0.3, -0.25) is 0 Å². The summed E-state index contributed by atoms with van der Waals surface area (Å²) in [5, 5.41) is 3.07. The minimum atomic E-state index is -2.43. The molecule has 1 aromatic carbocycles. The highest BCUT2D eigenvalue weighted by atomic mass is 19.3. The first kappa shape index (κ1) is 14.2. The Morgan fingerprint density at radius 2 is 1.85 bits per heavy atom. The predicted molar refractivity (Wildman–Crippen MR) is 75.1 cm³/mol. The van der Waals surface area contributed by atoms with E-state index in [-0.39, 0.29) is 5.56 Å². The first-order chi connectivity index (χ1) is 9.56. The number of rotatable bonds is 5. The van der Waals surface area contributed by atoms with E-state index in [4.69, 9.17) is 0 Å². The summed E-state index contributed by atoms with van der Waals surface area (Å²) in [6.07, 6.45) is -0.762. The molecule has 0 unspecified atom stereocenters. The Kier molecular flexibility index (Phi) is 4.45. The number of hydrogen-bond donors (Lipinski definition) is 1. The molecule has 1 heterocycles. The standard InChI is InChI=1S/C14H16F2N4/c1-20(2)12-7-8-17-14(19-12)18-9-10-3-5-11(6-4-10)13(15)16/h3-8,13H,9H2,1-2H3,(H,17,18,19). The summed E-state index contributed by atoms with van der Waals surface area (Å²) < 4.78 is 24.9. The molecule has 0 aliphatic carbocycles. The molecule has 0 bridgehead atoms. The van der Waals surface area contributed by atoms with E-state index >= 15 is 0 Å². The number of alkyl halides is 2. The van der Waals surface area contributed by atoms with Crippen molar-refractivity contribution in [3.63, 3.8) is 0 Å². The van der Waals surface area contributed by atoms with Gasteiger partial charge in [0.05, 0.1) is 0 Å². The highest BCUT2D eigenvalue weighted by molar-refractivity contribution is 5.41. The number of nitrogens with one attached hydrogen (secondary N) is 1. The van der Waals surface area contributed by atoms with Gasteiger partial charge in [-0.25, -0.2) is 13.8 Å². The molecule has 0 radical (unpaired) electrons. The van der Waals surface area contributed by atoms with Crippen molar-refractivity contribution < 1.29 is 8.78 Å². The highest BCUT2D eigenvalue weighted by Gasteiger charge is 2.06. The first-order valence-corrected chi connectivity index (χ1v) is 6.17. The van der Waals surface area contributed by atoms with Crippen LogP contribution < -0.4 is 10.2 Å². The molecule has 0 saturated carbocycles. The molecular weight excluding hydrogens is 262 g/mol. The van der Waals surface area contributed by atoms with Crippen molar-refractivity contribution >= 4 is 11.8 Å². The fourth-order valence-corrected chi connectivity index (χ4v) is 1.65. The molecule has 0 spiro atoms. The summed E-state index contributed by atoms with van der Waals surface area (Å²) in [4.78, 5) is 10.3. The van der Waals surface area contributed by atoms with Crippen LogP contribution in [0.4, 0.5) is 20.5 Å². The van der Waals surface area contributed by atoms with Crippen LogP contribution in [0.5, 0.6) is 0 Å². The smallest absolute Gasteiger partial charge is 0.263 e. The number of benzene rings is 1. The summed E-state index contributed by atoms with van der Waals surface area (Å²) in [6.45, 7) is 0.487. The van der Waals surface area contributed by atoms with Crippen LogP contribution in [0.2, 0.25) is 0 Å². The molecule has 0 atom stereocenters. The first-order valence-electron chi connectivity index (χ1n) is 6.17. The van der Waals surface area contributed by atoms with Gasteiger partial charge in [0.1, 0.15) is 5.82 Å². The minimum absolute atomic E-state index is 0.0274. The molecule has 0 aliphatic rings. The van der Waals surface area contributed by atoms with Crippen molar-refractivity contribution in [1.82, 2.24) is 9.97 Å². The van der Waals surface area contributed by atoms with Crippen LogP contribution in [0.25, 0.3) is 0 Å². The molecule has 4 nitrogen and oxygen atoms in total. The zero-order valence-corrected chi connectivity index (χ0v) is 11.3. The second kappa shape index (κ2) is 6.27. The van der Waals surface area contributed by atoms with Gasteiger partial charge < -0.3 is 10.2 Å². The molecule has 20 heavy (non-hydrogen) atoms. The van der Waals surface area contributed by atoms with Gasteiger partial charge in [-0.05, 0) is 11.6 Å². The zero-order chi connectivity index (χ0) is 14.5. The van der Waals surface area contributed by atoms with Crippen LogP contribution >= 0.6 is 0 Å². The third kappa shape index (κ3) is 3.63. The number of hydrogen-bond acceptors (Lipinski definition) is 4. The molecule has 0 fully saturated rings. The number of aromatic nitrogens is 2. The zero-order valence-electron chi connectivity index (χ0n) is 11.3. The van der Waals surface area contributed by atoms with Crippen LogP contribution in [0.3, 0.4) is 0 Å². The quantitative estimate of drug-likeness (QED) is 0.912. The Bertz CT molecular complexity index is 555. The normalized spacial score (nSPS) is 10.7. The molecule has 1 N–H and O–H groups in total. The van der Waals surface area contributed by atoms with E-state index in [2.05, 4.69) is 15.3 Å². The van der Waals surface area contributed by atoms with Crippen LogP contribution in [0.15, 0.2) is 36.5 Å². The maximum atomic E-state index is 12.4. The number of halogens is 2. The van der Waals surface area contributed by atoms with Crippen molar-refractivity contribution in [2.24, 2.45) is 0 Å². The Labute approximate surface area is 116 Å². The van der Waals surface area contributed by atoms with E-state index in [1.54, 1.807) is 18.3 Å². The van der Waals surface area contributed by atoms with E-state index in [0.29, 0.717) is 12.5 Å². The highest BCUT2D eigenvalue weighted by Crippen LogP contribution is 2.19. The Hall–Kier alpha value is -2.24. The van der Waals surface area contributed by atoms with E-state index in [1.165, 1.54) is 12.1 Å². The van der Waals surface area contributed by atoms with E-state index in [1.807, 2.05) is 25.1 Å². The largest absolute Gasteiger partial charge is 0.363 e. The van der Waals surface area contributed by atoms with Gasteiger partial charge in [-0.1, -0.05) is 24.3 Å². The van der Waals surface area contributed by atoms with Gasteiger partial charge in [-0.15, -0.1) is 0 Å². The van der Waals surface area contributed by atoms with Gasteiger partial charge in [0, 0.05) is 32.4 Å². The molecule has 106 valence electrons. The lowest BCUT2D eigenvalue weighted by Gasteiger charge is -2.12. The maximum absolute atomic E-state index is 12.4. The number of anilines is 2. The average Bonchev–Trinajstić information content (AvgIpc) is 2.46. The van der Waals surface area contributed by atoms with Crippen molar-refractivity contribution in [2.45, 2.75) is 13.0 Å². The average molecular weight is 278 g/mol. The minimum Gasteiger partial charge on any atom is -0.363 e. The second-order valence-corrected chi connectivity index (χ2v) is 4.53. The summed E-state index contributed by atoms with van der Waals surface area (Å²) in [5.74, 6) is 1.31. The summed E-state index contributed by atoms with van der Waals surface area (Å²) in [6, 6.07) is 8.01. The topological polar surface area (TPSA) is 41.1 Å². The third-order valence-corrected chi connectivity index (χ3v) is 2.78. The van der Waals surface area contributed by atoms with Gasteiger partial charge in [0.2, 0.25) is 5.95 Å². The lowest BCUT2D eigenvalue weighted by Crippen LogP contribution is -2.12. The molecular formula is C14H16F2N4. The van der Waals surface area contributed by atoms with Gasteiger partial charge in [0.25, 0.3) is 6.43 Å². The predicted octanol–water partition coefficient (Wildman–Crippen LogP) is 3.09. The van der Waals surface area contributed by atoms with Crippen molar-refractivity contribution in [3.05, 3.63) is 47.7 Å². The van der Waals surface area contributed by atoms with Crippen molar-refractivity contribution in [1.29, 1.82) is 0 Å². The summed E-state index contributed by atoms with van der Waals surface area (Å²) in [5.41, 5.74) is 0.924. The monoisotopic (exact) mass is 278 g/mol. The van der Waals surface area contributed by atoms with E-state index in [9.17, 15) is 8.78 Å². The fourth-order valence-electron chi connectivity index (χ4n) is 1.65. The van der Waals surface area contributed by atoms with Crippen molar-refractivity contribution in [2.75, 3.05) is 24.3 Å². The summed E-state index contributed by atoms with van der Waals surface area (Å²) in [7, 11) is 3.80. The fraction of sp³-hybridized carbons (Fsp3) is 0.286. The van der Waals surface area contributed by atoms with Gasteiger partial charge in [-0.2, -0.15) is 4.98 Å². The van der Waals surface area contributed by atoms with Crippen LogP contribution in [0, 0.1) is 0 Å². The van der Waals surface area contributed by atoms with E-state index < -0.39 is 6.43 Å². The Morgan fingerprint density at radius 3 is 2.45 bits per heavy atom. The lowest BCUT2D eigenvalue weighted by atomic mass is 10.1. The SMILES string of the molecule is CN(C)c1ccnc(NCc2ccc(C(F)F)cc2)n1. The molecule has 2 aromatic rings. The van der Waals surface area contributed by atoms with Gasteiger partial charge >= 0.3 is 0 Å².